The predicted octanol–water partition coefficient (Wildman–Crippen LogP) is 2.74. The van der Waals surface area contributed by atoms with Crippen LogP contribution in [0.5, 0.6) is 5.88 Å². The average molecular weight is 238 g/mol. The normalized spacial score (nSPS) is 12.8. The van der Waals surface area contributed by atoms with E-state index < -0.39 is 6.10 Å². The molecule has 1 unspecified atom stereocenters. The van der Waals surface area contributed by atoms with Crippen LogP contribution in [-0.2, 0) is 0 Å². The first-order valence-electron chi connectivity index (χ1n) is 6.27. The minimum atomic E-state index is -0.585. The zero-order valence-corrected chi connectivity index (χ0v) is 10.9. The lowest BCUT2D eigenvalue weighted by atomic mass is 9.90. The molecule has 0 saturated carbocycles. The zero-order chi connectivity index (χ0) is 12.7. The molecule has 0 spiro atoms. The summed E-state index contributed by atoms with van der Waals surface area (Å²) in [6.45, 7) is 4.26. The molecular formula is C13H22N2O2. The minimum Gasteiger partial charge on any atom is -0.480 e. The summed E-state index contributed by atoms with van der Waals surface area (Å²) in [7, 11) is 1.55. The number of methoxy groups -OCH3 is 1. The van der Waals surface area contributed by atoms with Crippen LogP contribution < -0.4 is 4.74 Å². The van der Waals surface area contributed by atoms with Crippen LogP contribution in [0.2, 0.25) is 0 Å². The molecule has 1 heterocycles. The van der Waals surface area contributed by atoms with Gasteiger partial charge >= 0.3 is 0 Å². The Kier molecular flexibility index (Phi) is 5.91. The fourth-order valence-electron chi connectivity index (χ4n) is 2.12. The fourth-order valence-corrected chi connectivity index (χ4v) is 2.12. The van der Waals surface area contributed by atoms with E-state index in [0.29, 0.717) is 11.6 Å². The molecule has 0 aliphatic carbocycles. The molecule has 4 heteroatoms. The smallest absolute Gasteiger partial charge is 0.238 e. The predicted molar refractivity (Wildman–Crippen MR) is 66.8 cm³/mol. The molecule has 0 bridgehead atoms. The lowest BCUT2D eigenvalue weighted by molar-refractivity contribution is 0.0889. The van der Waals surface area contributed by atoms with Crippen molar-refractivity contribution < 1.29 is 9.84 Å². The van der Waals surface area contributed by atoms with Crippen LogP contribution in [0.1, 0.15) is 51.3 Å². The Bertz CT molecular complexity index is 325. The van der Waals surface area contributed by atoms with E-state index in [-0.39, 0.29) is 5.92 Å². The topological polar surface area (TPSA) is 55.2 Å². The lowest BCUT2D eigenvalue weighted by Crippen LogP contribution is -2.15. The molecular weight excluding hydrogens is 216 g/mol. The molecule has 96 valence electrons. The maximum absolute atomic E-state index is 10.4. The second-order valence-corrected chi connectivity index (χ2v) is 4.23. The van der Waals surface area contributed by atoms with Crippen molar-refractivity contribution in [2.45, 2.75) is 45.6 Å². The summed E-state index contributed by atoms with van der Waals surface area (Å²) < 4.78 is 5.14. The Hall–Kier alpha value is -1.16. The highest BCUT2D eigenvalue weighted by Gasteiger charge is 2.24. The van der Waals surface area contributed by atoms with Crippen LogP contribution in [0.4, 0.5) is 0 Å². The van der Waals surface area contributed by atoms with Crippen LogP contribution in [0, 0.1) is 5.92 Å². The maximum atomic E-state index is 10.4. The van der Waals surface area contributed by atoms with Gasteiger partial charge in [0.2, 0.25) is 5.88 Å². The molecule has 1 atom stereocenters. The quantitative estimate of drug-likeness (QED) is 0.793. The minimum absolute atomic E-state index is 0.232. The van der Waals surface area contributed by atoms with E-state index in [1.165, 1.54) is 0 Å². The second kappa shape index (κ2) is 7.22. The van der Waals surface area contributed by atoms with Crippen molar-refractivity contribution in [2.75, 3.05) is 7.11 Å². The Balaban J connectivity index is 2.87. The van der Waals surface area contributed by atoms with E-state index in [4.69, 9.17) is 4.74 Å². The molecule has 4 nitrogen and oxygen atoms in total. The lowest BCUT2D eigenvalue weighted by Gasteiger charge is -2.22. The van der Waals surface area contributed by atoms with Gasteiger partial charge in [0.25, 0.3) is 0 Å². The molecule has 0 amide bonds. The van der Waals surface area contributed by atoms with Crippen LogP contribution in [0.15, 0.2) is 12.4 Å². The van der Waals surface area contributed by atoms with Gasteiger partial charge in [-0.1, -0.05) is 26.7 Å². The van der Waals surface area contributed by atoms with Gasteiger partial charge in [-0.25, -0.2) is 4.98 Å². The summed E-state index contributed by atoms with van der Waals surface area (Å²) in [5.74, 6) is 0.660. The third-order valence-corrected chi connectivity index (χ3v) is 2.93. The summed E-state index contributed by atoms with van der Waals surface area (Å²) >= 11 is 0. The highest BCUT2D eigenvalue weighted by molar-refractivity contribution is 5.20. The number of aromatic nitrogens is 2. The first-order valence-corrected chi connectivity index (χ1v) is 6.27. The van der Waals surface area contributed by atoms with E-state index in [0.717, 1.165) is 25.7 Å². The van der Waals surface area contributed by atoms with E-state index in [1.807, 2.05) is 0 Å². The average Bonchev–Trinajstić information content (AvgIpc) is 2.37. The highest BCUT2D eigenvalue weighted by atomic mass is 16.5. The van der Waals surface area contributed by atoms with Gasteiger partial charge in [0.05, 0.1) is 7.11 Å². The summed E-state index contributed by atoms with van der Waals surface area (Å²) in [5, 5.41) is 10.4. The third kappa shape index (κ3) is 3.66. The molecule has 1 rings (SSSR count). The Labute approximate surface area is 103 Å². The number of nitrogens with zero attached hydrogens (tertiary/aromatic N) is 2. The first-order chi connectivity index (χ1) is 8.24. The molecule has 1 aromatic heterocycles. The summed E-state index contributed by atoms with van der Waals surface area (Å²) in [4.78, 5) is 8.27. The van der Waals surface area contributed by atoms with Crippen molar-refractivity contribution in [1.82, 2.24) is 9.97 Å². The molecule has 17 heavy (non-hydrogen) atoms. The molecule has 0 aliphatic heterocycles. The summed E-state index contributed by atoms with van der Waals surface area (Å²) in [5.41, 5.74) is 0.557. The van der Waals surface area contributed by atoms with Crippen molar-refractivity contribution in [3.05, 3.63) is 18.1 Å². The van der Waals surface area contributed by atoms with Gasteiger partial charge < -0.3 is 9.84 Å². The Morgan fingerprint density at radius 3 is 2.29 bits per heavy atom. The van der Waals surface area contributed by atoms with Gasteiger partial charge in [0.15, 0.2) is 0 Å². The van der Waals surface area contributed by atoms with Gasteiger partial charge in [-0.3, -0.25) is 4.98 Å². The number of hydrogen-bond acceptors (Lipinski definition) is 4. The Morgan fingerprint density at radius 1 is 1.18 bits per heavy atom. The van der Waals surface area contributed by atoms with Crippen LogP contribution in [0.25, 0.3) is 0 Å². The van der Waals surface area contributed by atoms with E-state index in [1.54, 1.807) is 19.5 Å². The number of aliphatic hydroxyl groups excluding tert-OH is 1. The SMILES string of the molecule is CCCC(CCC)C(O)c1nccnc1OC. The largest absolute Gasteiger partial charge is 0.480 e. The van der Waals surface area contributed by atoms with Crippen LogP contribution >= 0.6 is 0 Å². The summed E-state index contributed by atoms with van der Waals surface area (Å²) in [6, 6.07) is 0. The van der Waals surface area contributed by atoms with Crippen LogP contribution in [-0.4, -0.2) is 22.2 Å². The standard InChI is InChI=1S/C13H22N2O2/c1-4-6-10(7-5-2)12(16)11-13(17-3)15-9-8-14-11/h8-10,12,16H,4-7H2,1-3H3. The molecule has 1 aromatic rings. The molecule has 0 aliphatic rings. The highest BCUT2D eigenvalue weighted by Crippen LogP contribution is 2.31. The number of ether oxygens (including phenoxy) is 1. The Morgan fingerprint density at radius 2 is 1.76 bits per heavy atom. The van der Waals surface area contributed by atoms with Crippen molar-refractivity contribution in [1.29, 1.82) is 0 Å². The zero-order valence-electron chi connectivity index (χ0n) is 10.9. The van der Waals surface area contributed by atoms with Crippen molar-refractivity contribution in [2.24, 2.45) is 5.92 Å². The van der Waals surface area contributed by atoms with Gasteiger partial charge in [-0.15, -0.1) is 0 Å². The number of rotatable bonds is 7. The molecule has 0 aromatic carbocycles. The second-order valence-electron chi connectivity index (χ2n) is 4.23. The molecule has 0 radical (unpaired) electrons. The van der Waals surface area contributed by atoms with Gasteiger partial charge in [0, 0.05) is 12.4 Å². The number of aliphatic hydroxyl groups is 1. The van der Waals surface area contributed by atoms with Crippen LogP contribution in [0.3, 0.4) is 0 Å². The van der Waals surface area contributed by atoms with Crippen molar-refractivity contribution in [3.63, 3.8) is 0 Å². The van der Waals surface area contributed by atoms with Crippen molar-refractivity contribution in [3.8, 4) is 5.88 Å². The fraction of sp³-hybridized carbons (Fsp3) is 0.692. The van der Waals surface area contributed by atoms with E-state index >= 15 is 0 Å². The molecule has 1 N–H and O–H groups in total. The third-order valence-electron chi connectivity index (χ3n) is 2.93. The molecule has 0 fully saturated rings. The van der Waals surface area contributed by atoms with Gasteiger partial charge in [-0.05, 0) is 18.8 Å². The van der Waals surface area contributed by atoms with E-state index in [2.05, 4.69) is 23.8 Å². The maximum Gasteiger partial charge on any atom is 0.238 e. The number of hydrogen-bond donors (Lipinski definition) is 1. The monoisotopic (exact) mass is 238 g/mol. The van der Waals surface area contributed by atoms with Gasteiger partial charge in [-0.2, -0.15) is 0 Å². The summed E-state index contributed by atoms with van der Waals surface area (Å²) in [6.07, 6.45) is 6.69. The van der Waals surface area contributed by atoms with E-state index in [9.17, 15) is 5.11 Å². The van der Waals surface area contributed by atoms with Crippen molar-refractivity contribution >= 4 is 0 Å². The van der Waals surface area contributed by atoms with Gasteiger partial charge in [0.1, 0.15) is 11.8 Å². The first kappa shape index (κ1) is 13.9. The molecule has 0 saturated heterocycles.